The molecule has 0 bridgehead atoms. The van der Waals surface area contributed by atoms with E-state index < -0.39 is 35.7 Å². The first-order chi connectivity index (χ1) is 18.8. The van der Waals surface area contributed by atoms with Crippen molar-refractivity contribution in [1.29, 1.82) is 0 Å². The molecule has 4 atom stereocenters. The Labute approximate surface area is 233 Å². The summed E-state index contributed by atoms with van der Waals surface area (Å²) in [4.78, 5) is 28.6. The molecule has 9 heteroatoms. The lowest BCUT2D eigenvalue weighted by Crippen LogP contribution is -2.48. The molecule has 2 heterocycles. The van der Waals surface area contributed by atoms with Crippen molar-refractivity contribution >= 4 is 11.8 Å². The van der Waals surface area contributed by atoms with Gasteiger partial charge in [-0.1, -0.05) is 76.2 Å². The van der Waals surface area contributed by atoms with Crippen LogP contribution in [-0.4, -0.2) is 45.7 Å². The maximum absolute atomic E-state index is 14.2. The number of benzene rings is 2. The van der Waals surface area contributed by atoms with E-state index in [9.17, 15) is 23.5 Å². The molecule has 4 rings (SSSR count). The third-order valence-corrected chi connectivity index (χ3v) is 7.43. The first kappa shape index (κ1) is 29.4. The van der Waals surface area contributed by atoms with Gasteiger partial charge in [-0.2, -0.15) is 0 Å². The van der Waals surface area contributed by atoms with Crippen LogP contribution < -0.4 is 5.32 Å². The predicted octanol–water partition coefficient (Wildman–Crippen LogP) is 5.50. The number of β-amino-alcohol motifs (C(OH)–C–C–N with tert-alkyl or cyclic N) is 1. The molecular formula is C31H37F2N3O4. The highest BCUT2D eigenvalue weighted by molar-refractivity contribution is 5.91. The number of nitrogens with one attached hydrogen (secondary N) is 1. The molecule has 1 aromatic heterocycles. The van der Waals surface area contributed by atoms with Crippen molar-refractivity contribution in [3.8, 4) is 11.1 Å². The van der Waals surface area contributed by atoms with E-state index in [-0.39, 0.29) is 41.7 Å². The molecule has 2 amide bonds. The number of amides is 2. The molecule has 2 aromatic carbocycles. The summed E-state index contributed by atoms with van der Waals surface area (Å²) < 4.78 is 33.4. The van der Waals surface area contributed by atoms with E-state index in [4.69, 9.17) is 4.52 Å². The number of halogens is 2. The van der Waals surface area contributed by atoms with Gasteiger partial charge < -0.3 is 19.8 Å². The second kappa shape index (κ2) is 11.5. The Balaban J connectivity index is 1.49. The van der Waals surface area contributed by atoms with Crippen molar-refractivity contribution in [2.24, 2.45) is 5.92 Å². The van der Waals surface area contributed by atoms with Crippen LogP contribution in [0, 0.1) is 17.6 Å². The number of aromatic nitrogens is 1. The topological polar surface area (TPSA) is 95.7 Å². The maximum Gasteiger partial charge on any atom is 0.243 e. The Morgan fingerprint density at radius 2 is 1.77 bits per heavy atom. The molecule has 0 spiro atoms. The summed E-state index contributed by atoms with van der Waals surface area (Å²) >= 11 is 0. The van der Waals surface area contributed by atoms with E-state index >= 15 is 0 Å². The Hall–Kier alpha value is -3.59. The van der Waals surface area contributed by atoms with Crippen molar-refractivity contribution in [2.45, 2.75) is 77.5 Å². The van der Waals surface area contributed by atoms with Gasteiger partial charge in [0, 0.05) is 30.0 Å². The average molecular weight is 554 g/mol. The fourth-order valence-electron chi connectivity index (χ4n) is 5.08. The zero-order chi connectivity index (χ0) is 29.4. The average Bonchev–Trinajstić information content (AvgIpc) is 3.53. The van der Waals surface area contributed by atoms with Crippen molar-refractivity contribution in [3.63, 3.8) is 0 Å². The van der Waals surface area contributed by atoms with E-state index in [0.29, 0.717) is 11.3 Å². The largest absolute Gasteiger partial charge is 0.391 e. The SMILES string of the molecule is CC(C)[C@@H](C(=O)N1C[C@H](O)C[C@H]1C(=O)N[C@@H](C)c1ccc(-c2cccc(F)c2F)cc1)c1cc(C(C)(C)C)no1. The van der Waals surface area contributed by atoms with Gasteiger partial charge in [-0.3, -0.25) is 9.59 Å². The van der Waals surface area contributed by atoms with Gasteiger partial charge in [-0.15, -0.1) is 0 Å². The normalized spacial score (nSPS) is 19.1. The van der Waals surface area contributed by atoms with E-state index in [1.54, 1.807) is 37.3 Å². The standard InChI is InChI=1S/C31H37F2N3O4/c1-17(2)27(25-15-26(35-40-25)31(4,5)6)30(39)36-16-21(37)14-24(36)29(38)34-18(3)19-10-12-20(13-11-19)22-8-7-9-23(32)28(22)33/h7-13,15,17-18,21,24,27,37H,14,16H2,1-6H3,(H,34,38)/t18-,21+,24-,27+/m0/s1. The van der Waals surface area contributed by atoms with Gasteiger partial charge >= 0.3 is 0 Å². The smallest absolute Gasteiger partial charge is 0.243 e. The minimum atomic E-state index is -0.919. The van der Waals surface area contributed by atoms with Crippen LogP contribution in [0.2, 0.25) is 0 Å². The summed E-state index contributed by atoms with van der Waals surface area (Å²) in [5.41, 5.74) is 1.90. The highest BCUT2D eigenvalue weighted by Crippen LogP contribution is 2.33. The van der Waals surface area contributed by atoms with Crippen LogP contribution in [0.5, 0.6) is 0 Å². The first-order valence-electron chi connectivity index (χ1n) is 13.6. The Morgan fingerprint density at radius 1 is 1.10 bits per heavy atom. The van der Waals surface area contributed by atoms with Gasteiger partial charge in [0.05, 0.1) is 17.8 Å². The Kier molecular flexibility index (Phi) is 8.44. The van der Waals surface area contributed by atoms with E-state index in [2.05, 4.69) is 10.5 Å². The highest BCUT2D eigenvalue weighted by Gasteiger charge is 2.43. The summed E-state index contributed by atoms with van der Waals surface area (Å²) in [6.07, 6.45) is -0.709. The zero-order valence-electron chi connectivity index (χ0n) is 23.7. The summed E-state index contributed by atoms with van der Waals surface area (Å²) in [6.45, 7) is 11.7. The summed E-state index contributed by atoms with van der Waals surface area (Å²) in [7, 11) is 0. The molecule has 3 aromatic rings. The number of rotatable bonds is 7. The molecule has 1 saturated heterocycles. The van der Waals surface area contributed by atoms with Crippen LogP contribution in [0.3, 0.4) is 0 Å². The number of aliphatic hydroxyl groups excluding tert-OH is 1. The molecule has 2 N–H and O–H groups in total. The van der Waals surface area contributed by atoms with Crippen molar-refractivity contribution < 1.29 is 28.0 Å². The minimum Gasteiger partial charge on any atom is -0.391 e. The Morgan fingerprint density at radius 3 is 2.38 bits per heavy atom. The lowest BCUT2D eigenvalue weighted by molar-refractivity contribution is -0.141. The van der Waals surface area contributed by atoms with E-state index in [1.165, 1.54) is 17.0 Å². The van der Waals surface area contributed by atoms with Gasteiger partial charge in [-0.25, -0.2) is 8.78 Å². The van der Waals surface area contributed by atoms with Gasteiger partial charge in [-0.05, 0) is 30.0 Å². The van der Waals surface area contributed by atoms with Gasteiger partial charge in [0.15, 0.2) is 11.6 Å². The summed E-state index contributed by atoms with van der Waals surface area (Å²) in [6, 6.07) is 11.3. The number of nitrogens with zero attached hydrogens (tertiary/aromatic N) is 2. The van der Waals surface area contributed by atoms with Crippen molar-refractivity contribution in [2.75, 3.05) is 6.54 Å². The van der Waals surface area contributed by atoms with Crippen LogP contribution in [-0.2, 0) is 15.0 Å². The van der Waals surface area contributed by atoms with Gasteiger partial charge in [0.1, 0.15) is 17.7 Å². The molecule has 40 heavy (non-hydrogen) atoms. The minimum absolute atomic E-state index is 0.0443. The third-order valence-electron chi connectivity index (χ3n) is 7.43. The summed E-state index contributed by atoms with van der Waals surface area (Å²) in [5, 5.41) is 17.5. The maximum atomic E-state index is 14.2. The van der Waals surface area contributed by atoms with Crippen molar-refractivity contribution in [1.82, 2.24) is 15.4 Å². The fraction of sp³-hybridized carbons (Fsp3) is 0.452. The quantitative estimate of drug-likeness (QED) is 0.403. The van der Waals surface area contributed by atoms with Crippen LogP contribution in [0.25, 0.3) is 11.1 Å². The number of aliphatic hydroxyl groups is 1. The molecule has 0 radical (unpaired) electrons. The molecule has 0 aliphatic carbocycles. The molecule has 1 fully saturated rings. The van der Waals surface area contributed by atoms with Gasteiger partial charge in [0.25, 0.3) is 0 Å². The summed E-state index contributed by atoms with van der Waals surface area (Å²) in [5.74, 6) is -2.86. The predicted molar refractivity (Wildman–Crippen MR) is 147 cm³/mol. The molecule has 1 aliphatic rings. The van der Waals surface area contributed by atoms with Crippen LogP contribution >= 0.6 is 0 Å². The van der Waals surface area contributed by atoms with Crippen LogP contribution in [0.1, 0.15) is 76.9 Å². The first-order valence-corrected chi connectivity index (χ1v) is 13.6. The molecule has 0 unspecified atom stereocenters. The molecule has 1 aliphatic heterocycles. The Bertz CT molecular complexity index is 1360. The third kappa shape index (κ3) is 6.09. The van der Waals surface area contributed by atoms with Crippen LogP contribution in [0.4, 0.5) is 8.78 Å². The van der Waals surface area contributed by atoms with Crippen molar-refractivity contribution in [3.05, 3.63) is 77.2 Å². The zero-order valence-corrected chi connectivity index (χ0v) is 23.7. The fourth-order valence-corrected chi connectivity index (χ4v) is 5.08. The molecule has 7 nitrogen and oxygen atoms in total. The van der Waals surface area contributed by atoms with E-state index in [0.717, 1.165) is 17.3 Å². The second-order valence-corrected chi connectivity index (χ2v) is 11.9. The molecular weight excluding hydrogens is 516 g/mol. The lowest BCUT2D eigenvalue weighted by atomic mass is 9.88. The lowest BCUT2D eigenvalue weighted by Gasteiger charge is -2.29. The number of hydrogen-bond acceptors (Lipinski definition) is 5. The number of hydrogen-bond donors (Lipinski definition) is 2. The van der Waals surface area contributed by atoms with E-state index in [1.807, 2.05) is 34.6 Å². The number of carbonyl (C=O) groups excluding carboxylic acids is 2. The molecule has 214 valence electrons. The van der Waals surface area contributed by atoms with Gasteiger partial charge in [0.2, 0.25) is 11.8 Å². The molecule has 0 saturated carbocycles. The second-order valence-electron chi connectivity index (χ2n) is 11.9. The van der Waals surface area contributed by atoms with Crippen LogP contribution in [0.15, 0.2) is 53.1 Å². The highest BCUT2D eigenvalue weighted by atomic mass is 19.2. The number of carbonyl (C=O) groups is 2. The number of likely N-dealkylation sites (tertiary alicyclic amines) is 1. The monoisotopic (exact) mass is 553 g/mol.